The molecule has 0 saturated heterocycles. The van der Waals surface area contributed by atoms with Gasteiger partial charge in [0.05, 0.1) is 5.69 Å². The molecular weight excluding hydrogens is 306 g/mol. The molecule has 0 radical (unpaired) electrons. The van der Waals surface area contributed by atoms with Crippen molar-refractivity contribution in [3.05, 3.63) is 54.2 Å². The predicted octanol–water partition coefficient (Wildman–Crippen LogP) is 4.47. The van der Waals surface area contributed by atoms with Gasteiger partial charge in [0.2, 0.25) is 5.91 Å². The molecule has 1 aromatic carbocycles. The van der Waals surface area contributed by atoms with Crippen molar-refractivity contribution in [3.8, 4) is 21.8 Å². The summed E-state index contributed by atoms with van der Waals surface area (Å²) in [6.07, 6.45) is 3.56. The van der Waals surface area contributed by atoms with E-state index in [4.69, 9.17) is 0 Å². The fourth-order valence-electron chi connectivity index (χ4n) is 2.07. The number of nitrogens with zero attached hydrogens (tertiary/aromatic N) is 2. The summed E-state index contributed by atoms with van der Waals surface area (Å²) in [4.78, 5) is 20.6. The van der Waals surface area contributed by atoms with Crippen molar-refractivity contribution >= 4 is 22.9 Å². The second-order valence-electron chi connectivity index (χ2n) is 5.50. The fourth-order valence-corrected chi connectivity index (χ4v) is 2.89. The molecule has 3 aromatic rings. The summed E-state index contributed by atoms with van der Waals surface area (Å²) in [7, 11) is 0. The number of pyridine rings is 1. The van der Waals surface area contributed by atoms with Crippen LogP contribution in [0.5, 0.6) is 0 Å². The lowest BCUT2D eigenvalue weighted by molar-refractivity contribution is -0.118. The van der Waals surface area contributed by atoms with Crippen LogP contribution in [-0.2, 0) is 4.79 Å². The van der Waals surface area contributed by atoms with E-state index in [9.17, 15) is 4.79 Å². The minimum Gasteiger partial charge on any atom is -0.326 e. The Hall–Kier alpha value is -2.53. The number of thiazole rings is 1. The third-order valence-electron chi connectivity index (χ3n) is 3.36. The number of carbonyl (C=O) groups excluding carboxylic acids is 1. The van der Waals surface area contributed by atoms with E-state index >= 15 is 0 Å². The van der Waals surface area contributed by atoms with Crippen molar-refractivity contribution in [2.75, 3.05) is 5.32 Å². The van der Waals surface area contributed by atoms with Gasteiger partial charge in [0, 0.05) is 40.5 Å². The predicted molar refractivity (Wildman–Crippen MR) is 94.2 cm³/mol. The van der Waals surface area contributed by atoms with Crippen molar-refractivity contribution in [1.82, 2.24) is 9.97 Å². The highest BCUT2D eigenvalue weighted by atomic mass is 32.1. The fraction of sp³-hybridized carbons (Fsp3) is 0.167. The van der Waals surface area contributed by atoms with Crippen LogP contribution < -0.4 is 5.32 Å². The molecule has 116 valence electrons. The second kappa shape index (κ2) is 6.71. The summed E-state index contributed by atoms with van der Waals surface area (Å²) >= 11 is 1.58. The number of aromatic nitrogens is 2. The summed E-state index contributed by atoms with van der Waals surface area (Å²) in [5.41, 5.74) is 3.68. The summed E-state index contributed by atoms with van der Waals surface area (Å²) in [5, 5.41) is 5.87. The molecule has 0 saturated carbocycles. The van der Waals surface area contributed by atoms with Gasteiger partial charge < -0.3 is 5.32 Å². The van der Waals surface area contributed by atoms with Crippen molar-refractivity contribution in [3.63, 3.8) is 0 Å². The van der Waals surface area contributed by atoms with Crippen LogP contribution in [0, 0.1) is 5.92 Å². The second-order valence-corrected chi connectivity index (χ2v) is 6.36. The van der Waals surface area contributed by atoms with Crippen LogP contribution in [0.1, 0.15) is 13.8 Å². The van der Waals surface area contributed by atoms with Gasteiger partial charge in [0.1, 0.15) is 5.01 Å². The molecule has 0 atom stereocenters. The van der Waals surface area contributed by atoms with Crippen LogP contribution in [0.3, 0.4) is 0 Å². The Kier molecular flexibility index (Phi) is 4.48. The standard InChI is InChI=1S/C18H17N3OS/c1-12(2)17(22)20-15-7-3-5-13(9-15)16-11-23-18(21-16)14-6-4-8-19-10-14/h3-12H,1-2H3,(H,20,22). The molecule has 1 amide bonds. The summed E-state index contributed by atoms with van der Waals surface area (Å²) in [6, 6.07) is 11.6. The van der Waals surface area contributed by atoms with Gasteiger partial charge in [-0.25, -0.2) is 4.98 Å². The number of nitrogens with one attached hydrogen (secondary N) is 1. The molecule has 5 heteroatoms. The third kappa shape index (κ3) is 3.63. The van der Waals surface area contributed by atoms with Crippen molar-refractivity contribution in [2.24, 2.45) is 5.92 Å². The normalized spacial score (nSPS) is 10.7. The molecular formula is C18H17N3OS. The lowest BCUT2D eigenvalue weighted by Crippen LogP contribution is -2.17. The first kappa shape index (κ1) is 15.4. The summed E-state index contributed by atoms with van der Waals surface area (Å²) < 4.78 is 0. The molecule has 0 unspecified atom stereocenters. The zero-order valence-corrected chi connectivity index (χ0v) is 13.8. The van der Waals surface area contributed by atoms with E-state index in [1.807, 2.05) is 61.8 Å². The lowest BCUT2D eigenvalue weighted by Gasteiger charge is -2.08. The van der Waals surface area contributed by atoms with Gasteiger partial charge in [0.25, 0.3) is 0 Å². The van der Waals surface area contributed by atoms with Gasteiger partial charge in [-0.3, -0.25) is 9.78 Å². The van der Waals surface area contributed by atoms with Crippen LogP contribution >= 0.6 is 11.3 Å². The van der Waals surface area contributed by atoms with Gasteiger partial charge in [-0.15, -0.1) is 11.3 Å². The number of carbonyl (C=O) groups is 1. The Labute approximate surface area is 139 Å². The van der Waals surface area contributed by atoms with Gasteiger partial charge >= 0.3 is 0 Å². The number of rotatable bonds is 4. The number of hydrogen-bond donors (Lipinski definition) is 1. The number of amides is 1. The van der Waals surface area contributed by atoms with Gasteiger partial charge in [-0.05, 0) is 24.3 Å². The highest BCUT2D eigenvalue weighted by molar-refractivity contribution is 7.13. The molecule has 0 spiro atoms. The van der Waals surface area contributed by atoms with Crippen LogP contribution in [0.25, 0.3) is 21.8 Å². The largest absolute Gasteiger partial charge is 0.326 e. The van der Waals surface area contributed by atoms with Crippen molar-refractivity contribution in [2.45, 2.75) is 13.8 Å². The van der Waals surface area contributed by atoms with Gasteiger partial charge in [-0.1, -0.05) is 26.0 Å². The zero-order chi connectivity index (χ0) is 16.2. The zero-order valence-electron chi connectivity index (χ0n) is 13.0. The van der Waals surface area contributed by atoms with E-state index in [2.05, 4.69) is 15.3 Å². The third-order valence-corrected chi connectivity index (χ3v) is 4.25. The first-order chi connectivity index (χ1) is 11.1. The number of hydrogen-bond acceptors (Lipinski definition) is 4. The van der Waals surface area contributed by atoms with E-state index in [1.165, 1.54) is 0 Å². The molecule has 0 aliphatic heterocycles. The highest BCUT2D eigenvalue weighted by Crippen LogP contribution is 2.29. The maximum atomic E-state index is 11.8. The smallest absolute Gasteiger partial charge is 0.226 e. The van der Waals surface area contributed by atoms with Crippen LogP contribution in [0.4, 0.5) is 5.69 Å². The molecule has 0 bridgehead atoms. The Balaban J connectivity index is 1.85. The Bertz CT molecular complexity index is 812. The maximum Gasteiger partial charge on any atom is 0.226 e. The molecule has 23 heavy (non-hydrogen) atoms. The average molecular weight is 323 g/mol. The Morgan fingerprint density at radius 3 is 2.74 bits per heavy atom. The molecule has 0 aliphatic rings. The Morgan fingerprint density at radius 2 is 2.00 bits per heavy atom. The molecule has 2 heterocycles. The van der Waals surface area contributed by atoms with Crippen LogP contribution in [-0.4, -0.2) is 15.9 Å². The minimum absolute atomic E-state index is 0.0106. The van der Waals surface area contributed by atoms with Crippen LogP contribution in [0.15, 0.2) is 54.2 Å². The number of benzene rings is 1. The van der Waals surface area contributed by atoms with Crippen molar-refractivity contribution < 1.29 is 4.79 Å². The number of anilines is 1. The molecule has 0 fully saturated rings. The van der Waals surface area contributed by atoms with Gasteiger partial charge in [0.15, 0.2) is 0 Å². The van der Waals surface area contributed by atoms with E-state index in [0.29, 0.717) is 0 Å². The first-order valence-electron chi connectivity index (χ1n) is 7.40. The Morgan fingerprint density at radius 1 is 1.17 bits per heavy atom. The van der Waals surface area contributed by atoms with E-state index in [-0.39, 0.29) is 11.8 Å². The minimum atomic E-state index is -0.0462. The lowest BCUT2D eigenvalue weighted by atomic mass is 10.1. The molecule has 2 aromatic heterocycles. The van der Waals surface area contributed by atoms with Gasteiger partial charge in [-0.2, -0.15) is 0 Å². The van der Waals surface area contributed by atoms with Crippen molar-refractivity contribution in [1.29, 1.82) is 0 Å². The van der Waals surface area contributed by atoms with Crippen LogP contribution in [0.2, 0.25) is 0 Å². The average Bonchev–Trinajstić information content (AvgIpc) is 3.06. The SMILES string of the molecule is CC(C)C(=O)Nc1cccc(-c2csc(-c3cccnc3)n2)c1. The van der Waals surface area contributed by atoms with E-state index in [1.54, 1.807) is 17.5 Å². The maximum absolute atomic E-state index is 11.8. The molecule has 3 rings (SSSR count). The monoisotopic (exact) mass is 323 g/mol. The molecule has 1 N–H and O–H groups in total. The van der Waals surface area contributed by atoms with E-state index in [0.717, 1.165) is 27.5 Å². The first-order valence-corrected chi connectivity index (χ1v) is 8.28. The molecule has 4 nitrogen and oxygen atoms in total. The topological polar surface area (TPSA) is 54.9 Å². The summed E-state index contributed by atoms with van der Waals surface area (Å²) in [5.74, 6) is -0.0356. The quantitative estimate of drug-likeness (QED) is 0.771. The highest BCUT2D eigenvalue weighted by Gasteiger charge is 2.10. The molecule has 0 aliphatic carbocycles. The summed E-state index contributed by atoms with van der Waals surface area (Å²) in [6.45, 7) is 3.75. The van der Waals surface area contributed by atoms with E-state index < -0.39 is 0 Å².